The number of benzene rings is 3. The summed E-state index contributed by atoms with van der Waals surface area (Å²) in [6.07, 6.45) is 3.84. The first-order valence-electron chi connectivity index (χ1n) is 12.3. The van der Waals surface area contributed by atoms with Gasteiger partial charge < -0.3 is 10.4 Å². The van der Waals surface area contributed by atoms with E-state index in [4.69, 9.17) is 0 Å². The van der Waals surface area contributed by atoms with Crippen LogP contribution in [0.3, 0.4) is 0 Å². The number of nitrogens with zero attached hydrogens (tertiary/aromatic N) is 6. The lowest BCUT2D eigenvalue weighted by molar-refractivity contribution is -0.00948. The molecule has 12 heteroatoms. The first kappa shape index (κ1) is 26.6. The quantitative estimate of drug-likeness (QED) is 0.309. The molecule has 204 valence electrons. The van der Waals surface area contributed by atoms with Crippen molar-refractivity contribution in [1.82, 2.24) is 29.1 Å². The fraction of sp³-hybridized carbons (Fsp3) is 0.179. The van der Waals surface area contributed by atoms with Crippen molar-refractivity contribution < 1.29 is 18.7 Å². The van der Waals surface area contributed by atoms with Gasteiger partial charge in [0.1, 0.15) is 36.2 Å². The van der Waals surface area contributed by atoms with Crippen LogP contribution in [0, 0.1) is 25.5 Å². The van der Waals surface area contributed by atoms with Crippen LogP contribution in [0.2, 0.25) is 0 Å². The van der Waals surface area contributed by atoms with Gasteiger partial charge in [-0.3, -0.25) is 4.79 Å². The molecule has 2 aromatic heterocycles. The Morgan fingerprint density at radius 2 is 1.73 bits per heavy atom. The molecule has 1 atom stereocenters. The molecule has 0 spiro atoms. The number of aliphatic hydroxyl groups is 1. The minimum absolute atomic E-state index is 0.227. The summed E-state index contributed by atoms with van der Waals surface area (Å²) in [5.74, 6) is -2.05. The minimum Gasteiger partial charge on any atom is -0.381 e. The van der Waals surface area contributed by atoms with Gasteiger partial charge in [-0.25, -0.2) is 32.5 Å². The zero-order valence-corrected chi connectivity index (χ0v) is 21.6. The number of hydrogen-bond donors (Lipinski definition) is 2. The molecule has 0 aliphatic heterocycles. The third-order valence-corrected chi connectivity index (χ3v) is 6.64. The van der Waals surface area contributed by atoms with Gasteiger partial charge in [0.25, 0.3) is 5.91 Å². The van der Waals surface area contributed by atoms with E-state index in [-0.39, 0.29) is 18.0 Å². The van der Waals surface area contributed by atoms with Crippen LogP contribution in [-0.2, 0) is 18.7 Å². The molecule has 0 saturated heterocycles. The van der Waals surface area contributed by atoms with E-state index in [1.54, 1.807) is 30.3 Å². The highest BCUT2D eigenvalue weighted by molar-refractivity contribution is 6.04. The Labute approximate surface area is 227 Å². The second-order valence-electron chi connectivity index (χ2n) is 9.49. The second-order valence-corrected chi connectivity index (χ2v) is 9.49. The Balaban J connectivity index is 1.38. The maximum atomic E-state index is 14.7. The lowest BCUT2D eigenvalue weighted by Gasteiger charge is -2.28. The molecule has 1 amide bonds. The second kappa shape index (κ2) is 10.7. The molecule has 0 saturated carbocycles. The number of carbonyl (C=O) groups excluding carboxylic acids is 1. The van der Waals surface area contributed by atoms with Gasteiger partial charge >= 0.3 is 5.69 Å². The summed E-state index contributed by atoms with van der Waals surface area (Å²) < 4.78 is 31.8. The molecule has 1 unspecified atom stereocenters. The van der Waals surface area contributed by atoms with Gasteiger partial charge in [-0.1, -0.05) is 12.1 Å². The van der Waals surface area contributed by atoms with Crippen LogP contribution in [0.4, 0.5) is 14.5 Å². The summed E-state index contributed by atoms with van der Waals surface area (Å²) in [7, 11) is 0. The van der Waals surface area contributed by atoms with E-state index < -0.39 is 29.5 Å². The zero-order chi connectivity index (χ0) is 28.4. The van der Waals surface area contributed by atoms with Gasteiger partial charge in [-0.05, 0) is 67.4 Å². The lowest BCUT2D eigenvalue weighted by atomic mass is 9.93. The largest absolute Gasteiger partial charge is 0.381 e. The van der Waals surface area contributed by atoms with Gasteiger partial charge in [0.05, 0.1) is 18.8 Å². The molecular formula is C28H25F2N7O3. The first-order chi connectivity index (χ1) is 19.1. The summed E-state index contributed by atoms with van der Waals surface area (Å²) >= 11 is 0. The minimum atomic E-state index is -2.02. The van der Waals surface area contributed by atoms with E-state index in [1.807, 2.05) is 26.0 Å². The number of aryl methyl sites for hydroxylation is 2. The molecule has 2 heterocycles. The summed E-state index contributed by atoms with van der Waals surface area (Å²) in [6.45, 7) is 3.18. The van der Waals surface area contributed by atoms with Crippen molar-refractivity contribution in [1.29, 1.82) is 0 Å². The third kappa shape index (κ3) is 5.43. The Bertz CT molecular complexity index is 1730. The van der Waals surface area contributed by atoms with Crippen molar-refractivity contribution in [2.45, 2.75) is 32.5 Å². The van der Waals surface area contributed by atoms with Crippen LogP contribution < -0.4 is 11.0 Å². The molecule has 2 N–H and O–H groups in total. The zero-order valence-electron chi connectivity index (χ0n) is 21.6. The Morgan fingerprint density at radius 3 is 2.40 bits per heavy atom. The van der Waals surface area contributed by atoms with Crippen molar-refractivity contribution in [2.24, 2.45) is 0 Å². The average molecular weight is 546 g/mol. The molecule has 10 nitrogen and oxygen atoms in total. The SMILES string of the molecule is Cc1ccc(C(=O)Nc2ccc(-n3cnn(CC(O)(Cn4cncn4)c4ccc(F)cc4F)c3=O)cc2)cc1C. The highest BCUT2D eigenvalue weighted by Gasteiger charge is 2.35. The number of aromatic nitrogens is 6. The lowest BCUT2D eigenvalue weighted by Crippen LogP contribution is -2.41. The van der Waals surface area contributed by atoms with Crippen LogP contribution in [0.15, 0.2) is 84.4 Å². The van der Waals surface area contributed by atoms with Crippen LogP contribution in [0.5, 0.6) is 0 Å². The van der Waals surface area contributed by atoms with Crippen molar-refractivity contribution >= 4 is 11.6 Å². The molecule has 0 aliphatic rings. The molecule has 0 fully saturated rings. The maximum Gasteiger partial charge on any atom is 0.350 e. The summed E-state index contributed by atoms with van der Waals surface area (Å²) in [4.78, 5) is 29.7. The standard InChI is InChI=1S/C28H25F2N7O3/c1-18-3-4-20(11-19(18)2)26(38)34-22-6-8-23(9-7-22)36-17-33-37(27(36)39)14-28(40,13-35-16-31-15-32-35)24-10-5-21(29)12-25(24)30/h3-12,15-17,40H,13-14H2,1-2H3,(H,34,38). The number of halogens is 2. The molecule has 5 rings (SSSR count). The Hall–Kier alpha value is -4.97. The fourth-order valence-electron chi connectivity index (χ4n) is 4.33. The summed E-state index contributed by atoms with van der Waals surface area (Å²) in [5, 5.41) is 22.4. The number of anilines is 1. The van der Waals surface area contributed by atoms with Crippen LogP contribution in [0.25, 0.3) is 5.69 Å². The van der Waals surface area contributed by atoms with Gasteiger partial charge in [0, 0.05) is 22.9 Å². The summed E-state index contributed by atoms with van der Waals surface area (Å²) in [6, 6.07) is 14.8. The van der Waals surface area contributed by atoms with Crippen LogP contribution in [-0.4, -0.2) is 40.1 Å². The molecule has 0 bridgehead atoms. The summed E-state index contributed by atoms with van der Waals surface area (Å²) in [5.41, 5.74) is 0.759. The molecule has 0 radical (unpaired) electrons. The van der Waals surface area contributed by atoms with E-state index >= 15 is 0 Å². The topological polar surface area (TPSA) is 120 Å². The molecular weight excluding hydrogens is 520 g/mol. The van der Waals surface area contributed by atoms with Gasteiger partial charge in [0.15, 0.2) is 0 Å². The number of rotatable bonds is 8. The molecule has 3 aromatic carbocycles. The Morgan fingerprint density at radius 1 is 0.950 bits per heavy atom. The fourth-order valence-corrected chi connectivity index (χ4v) is 4.33. The van der Waals surface area contributed by atoms with E-state index in [0.29, 0.717) is 23.0 Å². The van der Waals surface area contributed by atoms with Crippen LogP contribution in [0.1, 0.15) is 27.0 Å². The number of hydrogen-bond acceptors (Lipinski definition) is 6. The van der Waals surface area contributed by atoms with Gasteiger partial charge in [-0.15, -0.1) is 0 Å². The highest BCUT2D eigenvalue weighted by Crippen LogP contribution is 2.28. The van der Waals surface area contributed by atoms with E-state index in [2.05, 4.69) is 20.5 Å². The van der Waals surface area contributed by atoms with Gasteiger partial charge in [-0.2, -0.15) is 10.2 Å². The van der Waals surface area contributed by atoms with Crippen molar-refractivity contribution in [3.05, 3.63) is 124 Å². The molecule has 0 aliphatic carbocycles. The number of carbonyl (C=O) groups is 1. The number of amides is 1. The van der Waals surface area contributed by atoms with Crippen molar-refractivity contribution in [3.63, 3.8) is 0 Å². The third-order valence-electron chi connectivity index (χ3n) is 6.64. The average Bonchev–Trinajstić information content (AvgIpc) is 3.55. The first-order valence-corrected chi connectivity index (χ1v) is 12.3. The predicted octanol–water partition coefficient (Wildman–Crippen LogP) is 3.36. The maximum absolute atomic E-state index is 14.7. The van der Waals surface area contributed by atoms with Crippen molar-refractivity contribution in [2.75, 3.05) is 5.32 Å². The highest BCUT2D eigenvalue weighted by atomic mass is 19.1. The smallest absolute Gasteiger partial charge is 0.350 e. The van der Waals surface area contributed by atoms with E-state index in [1.165, 1.54) is 28.2 Å². The van der Waals surface area contributed by atoms with Crippen molar-refractivity contribution in [3.8, 4) is 5.69 Å². The number of nitrogens with one attached hydrogen (secondary N) is 1. The normalized spacial score (nSPS) is 12.7. The van der Waals surface area contributed by atoms with Crippen LogP contribution >= 0.6 is 0 Å². The van der Waals surface area contributed by atoms with Gasteiger partial charge in [0.2, 0.25) is 0 Å². The monoisotopic (exact) mass is 545 g/mol. The van der Waals surface area contributed by atoms with E-state index in [0.717, 1.165) is 27.9 Å². The van der Waals surface area contributed by atoms with E-state index in [9.17, 15) is 23.5 Å². The molecule has 5 aromatic rings. The molecule has 40 heavy (non-hydrogen) atoms. The Kier molecular flexibility index (Phi) is 7.09. The predicted molar refractivity (Wildman–Crippen MR) is 142 cm³/mol.